The number of aliphatic hydroxyl groups is 1. The number of non-ortho nitro benzene ring substituents is 1. The van der Waals surface area contributed by atoms with Crippen molar-refractivity contribution in [2.75, 3.05) is 6.61 Å². The molecule has 0 unspecified atom stereocenters. The van der Waals surface area contributed by atoms with E-state index in [4.69, 9.17) is 0 Å². The predicted molar refractivity (Wildman–Crippen MR) is 84.2 cm³/mol. The minimum atomic E-state index is -0.421. The van der Waals surface area contributed by atoms with Crippen LogP contribution in [0.2, 0.25) is 0 Å². The Morgan fingerprint density at radius 1 is 1.23 bits per heavy atom. The number of benzene rings is 2. The maximum atomic E-state index is 10.6. The highest BCUT2D eigenvalue weighted by Crippen LogP contribution is 2.38. The highest BCUT2D eigenvalue weighted by Gasteiger charge is 2.30. The standard InChI is InChI=1S/C17H16N2O3/c20-11-14-9-13-3-1-2-4-16(13)17(14)18-10-12-5-7-15(8-6-12)19(21)22/h1-8,10,14,17,20H,9,11H2/t14-,17-/m0/s1. The molecule has 0 aliphatic heterocycles. The molecule has 0 saturated heterocycles. The molecule has 0 saturated carbocycles. The smallest absolute Gasteiger partial charge is 0.269 e. The van der Waals surface area contributed by atoms with E-state index in [1.807, 2.05) is 18.2 Å². The number of hydrogen-bond acceptors (Lipinski definition) is 4. The van der Waals surface area contributed by atoms with Crippen LogP contribution in [-0.2, 0) is 6.42 Å². The van der Waals surface area contributed by atoms with Gasteiger partial charge in [0.25, 0.3) is 5.69 Å². The van der Waals surface area contributed by atoms with Crippen LogP contribution in [0.25, 0.3) is 0 Å². The normalized spacial score (nSPS) is 20.2. The second kappa shape index (κ2) is 6.07. The Morgan fingerprint density at radius 3 is 2.64 bits per heavy atom. The van der Waals surface area contributed by atoms with Gasteiger partial charge in [0.05, 0.1) is 11.0 Å². The first-order chi connectivity index (χ1) is 10.7. The molecule has 1 aliphatic rings. The molecule has 0 bridgehead atoms. The summed E-state index contributed by atoms with van der Waals surface area (Å²) in [6.07, 6.45) is 2.55. The molecule has 3 rings (SSSR count). The molecule has 0 aromatic heterocycles. The van der Waals surface area contributed by atoms with Crippen molar-refractivity contribution in [2.45, 2.75) is 12.5 Å². The third-order valence-electron chi connectivity index (χ3n) is 4.02. The fraction of sp³-hybridized carbons (Fsp3) is 0.235. The Labute approximate surface area is 128 Å². The van der Waals surface area contributed by atoms with Gasteiger partial charge >= 0.3 is 0 Å². The lowest BCUT2D eigenvalue weighted by molar-refractivity contribution is -0.384. The lowest BCUT2D eigenvalue weighted by atomic mass is 10.0. The number of fused-ring (bicyclic) bond motifs is 1. The number of nitrogens with zero attached hydrogens (tertiary/aromatic N) is 2. The number of rotatable bonds is 4. The molecule has 0 heterocycles. The Kier molecular flexibility index (Phi) is 3.98. The highest BCUT2D eigenvalue weighted by molar-refractivity contribution is 5.80. The van der Waals surface area contributed by atoms with Gasteiger partial charge in [-0.15, -0.1) is 0 Å². The van der Waals surface area contributed by atoms with Crippen molar-refractivity contribution in [3.63, 3.8) is 0 Å². The van der Waals surface area contributed by atoms with E-state index < -0.39 is 4.92 Å². The zero-order chi connectivity index (χ0) is 15.5. The van der Waals surface area contributed by atoms with Crippen LogP contribution in [0.1, 0.15) is 22.7 Å². The van der Waals surface area contributed by atoms with Crippen molar-refractivity contribution < 1.29 is 10.0 Å². The van der Waals surface area contributed by atoms with Crippen molar-refractivity contribution >= 4 is 11.9 Å². The summed E-state index contributed by atoms with van der Waals surface area (Å²) in [4.78, 5) is 14.8. The van der Waals surface area contributed by atoms with Crippen LogP contribution in [-0.4, -0.2) is 22.9 Å². The van der Waals surface area contributed by atoms with Gasteiger partial charge in [0.2, 0.25) is 0 Å². The second-order valence-corrected chi connectivity index (χ2v) is 5.42. The first-order valence-electron chi connectivity index (χ1n) is 7.15. The second-order valence-electron chi connectivity index (χ2n) is 5.42. The average molecular weight is 296 g/mol. The Hall–Kier alpha value is -2.53. The topological polar surface area (TPSA) is 75.7 Å². The monoisotopic (exact) mass is 296 g/mol. The van der Waals surface area contributed by atoms with Crippen molar-refractivity contribution in [1.82, 2.24) is 0 Å². The quantitative estimate of drug-likeness (QED) is 0.535. The fourth-order valence-electron chi connectivity index (χ4n) is 2.87. The molecule has 5 heteroatoms. The van der Waals surface area contributed by atoms with Crippen LogP contribution >= 0.6 is 0 Å². The van der Waals surface area contributed by atoms with Crippen molar-refractivity contribution in [1.29, 1.82) is 0 Å². The largest absolute Gasteiger partial charge is 0.396 e. The molecule has 0 fully saturated rings. The minimum absolute atomic E-state index is 0.0589. The van der Waals surface area contributed by atoms with E-state index in [-0.39, 0.29) is 24.3 Å². The van der Waals surface area contributed by atoms with Gasteiger partial charge in [-0.3, -0.25) is 15.1 Å². The SMILES string of the molecule is O=[N+]([O-])c1ccc(C=N[C@@H]2c3ccccc3C[C@H]2CO)cc1. The van der Waals surface area contributed by atoms with Gasteiger partial charge in [0, 0.05) is 30.9 Å². The molecule has 0 radical (unpaired) electrons. The van der Waals surface area contributed by atoms with Crippen LogP contribution in [0.15, 0.2) is 53.5 Å². The summed E-state index contributed by atoms with van der Waals surface area (Å²) < 4.78 is 0. The molecular weight excluding hydrogens is 280 g/mol. The summed E-state index contributed by atoms with van der Waals surface area (Å²) in [5.41, 5.74) is 3.26. The zero-order valence-corrected chi connectivity index (χ0v) is 11.9. The predicted octanol–water partition coefficient (Wildman–Crippen LogP) is 2.92. The molecule has 1 aliphatic carbocycles. The molecule has 2 aromatic carbocycles. The molecule has 0 amide bonds. The summed E-state index contributed by atoms with van der Waals surface area (Å²) in [7, 11) is 0. The first kappa shape index (κ1) is 14.4. The maximum absolute atomic E-state index is 10.6. The molecule has 2 atom stereocenters. The van der Waals surface area contributed by atoms with Crippen molar-refractivity contribution in [3.8, 4) is 0 Å². The van der Waals surface area contributed by atoms with Gasteiger partial charge < -0.3 is 5.11 Å². The van der Waals surface area contributed by atoms with E-state index in [1.165, 1.54) is 17.7 Å². The van der Waals surface area contributed by atoms with Gasteiger partial charge in [-0.05, 0) is 35.2 Å². The van der Waals surface area contributed by atoms with Crippen LogP contribution in [0.3, 0.4) is 0 Å². The highest BCUT2D eigenvalue weighted by atomic mass is 16.6. The molecule has 112 valence electrons. The van der Waals surface area contributed by atoms with Gasteiger partial charge in [0.15, 0.2) is 0 Å². The van der Waals surface area contributed by atoms with E-state index >= 15 is 0 Å². The van der Waals surface area contributed by atoms with Crippen LogP contribution in [0.4, 0.5) is 5.69 Å². The molecule has 2 aromatic rings. The van der Waals surface area contributed by atoms with E-state index in [9.17, 15) is 15.2 Å². The van der Waals surface area contributed by atoms with Gasteiger partial charge in [-0.2, -0.15) is 0 Å². The van der Waals surface area contributed by atoms with Crippen LogP contribution < -0.4 is 0 Å². The summed E-state index contributed by atoms with van der Waals surface area (Å²) in [6, 6.07) is 14.3. The first-order valence-corrected chi connectivity index (χ1v) is 7.15. The number of aliphatic hydroxyl groups excluding tert-OH is 1. The third kappa shape index (κ3) is 2.76. The number of hydrogen-bond donors (Lipinski definition) is 1. The molecule has 5 nitrogen and oxygen atoms in total. The molecular formula is C17H16N2O3. The number of nitro benzene ring substituents is 1. The van der Waals surface area contributed by atoms with Crippen LogP contribution in [0.5, 0.6) is 0 Å². The summed E-state index contributed by atoms with van der Waals surface area (Å²) in [5.74, 6) is 0.0895. The molecule has 0 spiro atoms. The molecule has 22 heavy (non-hydrogen) atoms. The van der Waals surface area contributed by atoms with Gasteiger partial charge in [-0.1, -0.05) is 24.3 Å². The summed E-state index contributed by atoms with van der Waals surface area (Å²) in [6.45, 7) is 0.0942. The lowest BCUT2D eigenvalue weighted by Crippen LogP contribution is -2.10. The molecule has 1 N–H and O–H groups in total. The van der Waals surface area contributed by atoms with Gasteiger partial charge in [0.1, 0.15) is 0 Å². The van der Waals surface area contributed by atoms with E-state index in [1.54, 1.807) is 18.3 Å². The van der Waals surface area contributed by atoms with E-state index in [2.05, 4.69) is 11.1 Å². The minimum Gasteiger partial charge on any atom is -0.396 e. The van der Waals surface area contributed by atoms with Gasteiger partial charge in [-0.25, -0.2) is 0 Å². The maximum Gasteiger partial charge on any atom is 0.269 e. The van der Waals surface area contributed by atoms with E-state index in [0.717, 1.165) is 17.5 Å². The van der Waals surface area contributed by atoms with E-state index in [0.29, 0.717) is 0 Å². The third-order valence-corrected chi connectivity index (χ3v) is 4.02. The average Bonchev–Trinajstić information content (AvgIpc) is 2.91. The summed E-state index contributed by atoms with van der Waals surface area (Å²) >= 11 is 0. The Morgan fingerprint density at radius 2 is 1.95 bits per heavy atom. The van der Waals surface area contributed by atoms with Crippen molar-refractivity contribution in [3.05, 3.63) is 75.3 Å². The van der Waals surface area contributed by atoms with Crippen molar-refractivity contribution in [2.24, 2.45) is 10.9 Å². The Balaban J connectivity index is 1.83. The number of aliphatic imine (C=N–C) groups is 1. The van der Waals surface area contributed by atoms with Crippen LogP contribution in [0, 0.1) is 16.0 Å². The zero-order valence-electron chi connectivity index (χ0n) is 11.9. The fourth-order valence-corrected chi connectivity index (χ4v) is 2.87. The lowest BCUT2D eigenvalue weighted by Gasteiger charge is -2.13. The number of nitro groups is 1. The summed E-state index contributed by atoms with van der Waals surface area (Å²) in [5, 5.41) is 20.2. The Bertz CT molecular complexity index is 710.